The zero-order valence-corrected chi connectivity index (χ0v) is 13.8. The Morgan fingerprint density at radius 3 is 2.92 bits per heavy atom. The Balaban J connectivity index is 1.93. The molecule has 0 radical (unpaired) electrons. The van der Waals surface area contributed by atoms with Gasteiger partial charge in [0.15, 0.2) is 0 Å². The maximum absolute atomic E-state index is 9.37. The summed E-state index contributed by atoms with van der Waals surface area (Å²) in [7, 11) is 0. The number of hydrogen-bond acceptors (Lipinski definition) is 5. The molecule has 0 aliphatic heterocycles. The predicted molar refractivity (Wildman–Crippen MR) is 94.2 cm³/mol. The normalized spacial score (nSPS) is 10.4. The first-order valence-electron chi connectivity index (χ1n) is 7.51. The second-order valence-electron chi connectivity index (χ2n) is 5.11. The van der Waals surface area contributed by atoms with Gasteiger partial charge in [0, 0.05) is 35.4 Å². The van der Waals surface area contributed by atoms with Crippen LogP contribution in [0.1, 0.15) is 18.1 Å². The average molecular weight is 339 g/mol. The second kappa shape index (κ2) is 7.16. The van der Waals surface area contributed by atoms with E-state index in [-0.39, 0.29) is 0 Å². The fraction of sp³-hybridized carbons (Fsp3) is 0.167. The molecule has 0 amide bonds. The van der Waals surface area contributed by atoms with Crippen molar-refractivity contribution in [3.63, 3.8) is 0 Å². The van der Waals surface area contributed by atoms with Gasteiger partial charge in [-0.3, -0.25) is 4.98 Å². The molecule has 0 saturated heterocycles. The first-order valence-corrected chi connectivity index (χ1v) is 7.89. The van der Waals surface area contributed by atoms with E-state index < -0.39 is 0 Å². The fourth-order valence-corrected chi connectivity index (χ4v) is 2.59. The zero-order chi connectivity index (χ0) is 16.9. The molecule has 0 unspecified atom stereocenters. The van der Waals surface area contributed by atoms with E-state index in [0.717, 1.165) is 22.2 Å². The number of benzene rings is 1. The van der Waals surface area contributed by atoms with Gasteiger partial charge in [-0.05, 0) is 36.8 Å². The minimum atomic E-state index is 0.476. The van der Waals surface area contributed by atoms with Crippen LogP contribution in [0.2, 0.25) is 5.02 Å². The van der Waals surface area contributed by atoms with Crippen molar-refractivity contribution in [1.82, 2.24) is 9.97 Å². The monoisotopic (exact) mass is 338 g/mol. The highest BCUT2D eigenvalue weighted by Gasteiger charge is 2.09. The van der Waals surface area contributed by atoms with Gasteiger partial charge >= 0.3 is 0 Å². The number of fused-ring (bicyclic) bond motifs is 1. The maximum atomic E-state index is 9.37. The van der Waals surface area contributed by atoms with Crippen LogP contribution in [0, 0.1) is 11.3 Å². The van der Waals surface area contributed by atoms with Gasteiger partial charge in [0.1, 0.15) is 6.07 Å². The van der Waals surface area contributed by atoms with Gasteiger partial charge in [0.25, 0.3) is 0 Å². The van der Waals surface area contributed by atoms with Gasteiger partial charge in [0.05, 0.1) is 23.4 Å². The molecule has 0 saturated carbocycles. The lowest BCUT2D eigenvalue weighted by atomic mass is 10.1. The second-order valence-corrected chi connectivity index (χ2v) is 5.55. The van der Waals surface area contributed by atoms with Crippen LogP contribution in [-0.2, 0) is 6.54 Å². The molecule has 0 bridgehead atoms. The highest BCUT2D eigenvalue weighted by atomic mass is 35.5. The molecule has 2 heterocycles. The zero-order valence-electron chi connectivity index (χ0n) is 13.1. The Hall–Kier alpha value is -2.84. The van der Waals surface area contributed by atoms with E-state index in [1.165, 1.54) is 0 Å². The molecule has 1 aromatic carbocycles. The lowest BCUT2D eigenvalue weighted by molar-refractivity contribution is 0.326. The average Bonchev–Trinajstić information content (AvgIpc) is 2.60. The largest absolute Gasteiger partial charge is 0.478 e. The molecule has 0 aliphatic rings. The van der Waals surface area contributed by atoms with E-state index in [1.807, 2.05) is 31.2 Å². The number of pyridine rings is 2. The maximum Gasteiger partial charge on any atom is 0.213 e. The van der Waals surface area contributed by atoms with E-state index in [9.17, 15) is 5.26 Å². The summed E-state index contributed by atoms with van der Waals surface area (Å²) in [5.41, 5.74) is 2.98. The van der Waals surface area contributed by atoms with Crippen LogP contribution in [0.4, 0.5) is 5.69 Å². The molecule has 24 heavy (non-hydrogen) atoms. The number of nitrogens with one attached hydrogen (secondary N) is 1. The predicted octanol–water partition coefficient (Wildman–Crippen LogP) is 4.17. The summed E-state index contributed by atoms with van der Waals surface area (Å²) < 4.78 is 5.41. The van der Waals surface area contributed by atoms with Crippen LogP contribution in [0.5, 0.6) is 5.88 Å². The molecular weight excluding hydrogens is 324 g/mol. The molecule has 120 valence electrons. The molecule has 0 aliphatic carbocycles. The standard InChI is InChI=1S/C18H15ClN4O/c1-2-24-17-7-12(5-6-21-17)10-23-18-13(9-20)11-22-16-4-3-14(19)8-15(16)18/h3-8,11H,2,10H2,1H3,(H,22,23). The lowest BCUT2D eigenvalue weighted by Crippen LogP contribution is -2.04. The molecule has 2 aromatic heterocycles. The summed E-state index contributed by atoms with van der Waals surface area (Å²) in [5.74, 6) is 0.583. The van der Waals surface area contributed by atoms with E-state index >= 15 is 0 Å². The molecule has 3 rings (SSSR count). The number of anilines is 1. The molecular formula is C18H15ClN4O. The minimum Gasteiger partial charge on any atom is -0.478 e. The van der Waals surface area contributed by atoms with Crippen molar-refractivity contribution in [2.75, 3.05) is 11.9 Å². The van der Waals surface area contributed by atoms with Crippen LogP contribution in [-0.4, -0.2) is 16.6 Å². The first-order chi connectivity index (χ1) is 11.7. The van der Waals surface area contributed by atoms with Gasteiger partial charge in [-0.2, -0.15) is 5.26 Å². The van der Waals surface area contributed by atoms with Crippen molar-refractivity contribution in [3.8, 4) is 11.9 Å². The Labute approximate surface area is 144 Å². The number of rotatable bonds is 5. The van der Waals surface area contributed by atoms with Crippen LogP contribution >= 0.6 is 11.6 Å². The molecule has 0 spiro atoms. The molecule has 1 N–H and O–H groups in total. The van der Waals surface area contributed by atoms with Crippen molar-refractivity contribution in [2.45, 2.75) is 13.5 Å². The number of nitrogens with zero attached hydrogens (tertiary/aromatic N) is 3. The summed E-state index contributed by atoms with van der Waals surface area (Å²) >= 11 is 6.10. The van der Waals surface area contributed by atoms with Gasteiger partial charge in [0.2, 0.25) is 5.88 Å². The number of ether oxygens (including phenoxy) is 1. The molecule has 5 nitrogen and oxygen atoms in total. The number of nitriles is 1. The minimum absolute atomic E-state index is 0.476. The van der Waals surface area contributed by atoms with Crippen LogP contribution in [0.25, 0.3) is 10.9 Å². The van der Waals surface area contributed by atoms with Gasteiger partial charge < -0.3 is 10.1 Å². The summed E-state index contributed by atoms with van der Waals surface area (Å²) in [6, 6.07) is 11.4. The third-order valence-corrected chi connectivity index (χ3v) is 3.75. The van der Waals surface area contributed by atoms with Crippen molar-refractivity contribution < 1.29 is 4.74 Å². The van der Waals surface area contributed by atoms with Crippen LogP contribution in [0.3, 0.4) is 0 Å². The van der Waals surface area contributed by atoms with E-state index in [4.69, 9.17) is 16.3 Å². The Morgan fingerprint density at radius 1 is 1.25 bits per heavy atom. The number of halogens is 1. The van der Waals surface area contributed by atoms with Gasteiger partial charge in [-0.15, -0.1) is 0 Å². The fourth-order valence-electron chi connectivity index (χ4n) is 2.42. The smallest absolute Gasteiger partial charge is 0.213 e. The van der Waals surface area contributed by atoms with E-state index in [1.54, 1.807) is 18.5 Å². The van der Waals surface area contributed by atoms with Crippen molar-refractivity contribution >= 4 is 28.2 Å². The molecule has 0 fully saturated rings. The molecule has 0 atom stereocenters. The third-order valence-electron chi connectivity index (χ3n) is 3.51. The molecule has 3 aromatic rings. The van der Waals surface area contributed by atoms with Crippen LogP contribution in [0.15, 0.2) is 42.7 Å². The van der Waals surface area contributed by atoms with Gasteiger partial charge in [-0.1, -0.05) is 11.6 Å². The van der Waals surface area contributed by atoms with Crippen molar-refractivity contribution in [3.05, 3.63) is 58.9 Å². The lowest BCUT2D eigenvalue weighted by Gasteiger charge is -2.12. The SMILES string of the molecule is CCOc1cc(CNc2c(C#N)cnc3ccc(Cl)cc23)ccn1. The Bertz CT molecular complexity index is 921. The van der Waals surface area contributed by atoms with E-state index in [2.05, 4.69) is 21.4 Å². The summed E-state index contributed by atoms with van der Waals surface area (Å²) in [6.45, 7) is 3.01. The Morgan fingerprint density at radius 2 is 2.12 bits per heavy atom. The highest BCUT2D eigenvalue weighted by molar-refractivity contribution is 6.31. The molecule has 6 heteroatoms. The van der Waals surface area contributed by atoms with Gasteiger partial charge in [-0.25, -0.2) is 4.98 Å². The highest BCUT2D eigenvalue weighted by Crippen LogP contribution is 2.28. The quantitative estimate of drug-likeness (QED) is 0.756. The van der Waals surface area contributed by atoms with Crippen LogP contribution < -0.4 is 10.1 Å². The number of hydrogen-bond donors (Lipinski definition) is 1. The van der Waals surface area contributed by atoms with E-state index in [0.29, 0.717) is 29.6 Å². The summed E-state index contributed by atoms with van der Waals surface area (Å²) in [6.07, 6.45) is 3.27. The Kier molecular flexibility index (Phi) is 4.78. The topological polar surface area (TPSA) is 70.8 Å². The third kappa shape index (κ3) is 3.39. The number of aromatic nitrogens is 2. The van der Waals surface area contributed by atoms with Crippen molar-refractivity contribution in [1.29, 1.82) is 5.26 Å². The van der Waals surface area contributed by atoms with Crippen molar-refractivity contribution in [2.24, 2.45) is 0 Å². The summed E-state index contributed by atoms with van der Waals surface area (Å²) in [4.78, 5) is 8.45. The first kappa shape index (κ1) is 16.0. The summed E-state index contributed by atoms with van der Waals surface area (Å²) in [5, 5.41) is 14.1.